The fourth-order valence-electron chi connectivity index (χ4n) is 2.02. The van der Waals surface area contributed by atoms with Crippen molar-refractivity contribution < 1.29 is 13.3 Å². The molecular weight excluding hydrogens is 340 g/mol. The van der Waals surface area contributed by atoms with Crippen molar-refractivity contribution in [3.05, 3.63) is 70.5 Å². The second kappa shape index (κ2) is 11.6. The van der Waals surface area contributed by atoms with Crippen LogP contribution in [0, 0.1) is 0 Å². The van der Waals surface area contributed by atoms with E-state index >= 15 is 0 Å². The predicted molar refractivity (Wildman–Crippen MR) is 114 cm³/mol. The van der Waals surface area contributed by atoms with Gasteiger partial charge in [0.15, 0.2) is 0 Å². The van der Waals surface area contributed by atoms with Crippen molar-refractivity contribution in [2.75, 3.05) is 0 Å². The Morgan fingerprint density at radius 3 is 0.923 bits per heavy atom. The molecule has 0 radical (unpaired) electrons. The van der Waals surface area contributed by atoms with Crippen molar-refractivity contribution >= 4 is 8.80 Å². The third kappa shape index (κ3) is 8.43. The Hall–Kier alpha value is -1.94. The minimum absolute atomic E-state index is 0.781. The van der Waals surface area contributed by atoms with Crippen LogP contribution in [0.3, 0.4) is 0 Å². The molecule has 0 amide bonds. The molecule has 3 nitrogen and oxygen atoms in total. The Bertz CT molecular complexity index is 546. The van der Waals surface area contributed by atoms with Gasteiger partial charge < -0.3 is 13.3 Å². The highest BCUT2D eigenvalue weighted by Gasteiger charge is 2.44. The van der Waals surface area contributed by atoms with Gasteiger partial charge in [-0.05, 0) is 97.3 Å². The van der Waals surface area contributed by atoms with E-state index in [4.69, 9.17) is 13.3 Å². The molecule has 0 spiro atoms. The molecule has 0 aliphatic rings. The van der Waals surface area contributed by atoms with Crippen LogP contribution < -0.4 is 0 Å². The molecule has 26 heavy (non-hydrogen) atoms. The van der Waals surface area contributed by atoms with Crippen molar-refractivity contribution in [1.29, 1.82) is 0 Å². The zero-order valence-corrected chi connectivity index (χ0v) is 19.2. The summed E-state index contributed by atoms with van der Waals surface area (Å²) < 4.78 is 19.0. The Balaban J connectivity index is 6.12. The van der Waals surface area contributed by atoms with Crippen LogP contribution in [-0.4, -0.2) is 8.80 Å². The highest BCUT2D eigenvalue weighted by atomic mass is 28.4. The topological polar surface area (TPSA) is 27.7 Å². The van der Waals surface area contributed by atoms with E-state index in [1.54, 1.807) is 0 Å². The van der Waals surface area contributed by atoms with Crippen molar-refractivity contribution in [3.63, 3.8) is 0 Å². The molecule has 0 heterocycles. The van der Waals surface area contributed by atoms with E-state index in [1.807, 2.05) is 105 Å². The van der Waals surface area contributed by atoms with Gasteiger partial charge in [-0.25, -0.2) is 0 Å². The molecule has 0 unspecified atom stereocenters. The van der Waals surface area contributed by atoms with Gasteiger partial charge in [-0.15, -0.1) is 0 Å². The van der Waals surface area contributed by atoms with Gasteiger partial charge >= 0.3 is 8.80 Å². The lowest BCUT2D eigenvalue weighted by Gasteiger charge is -2.30. The van der Waals surface area contributed by atoms with Crippen molar-refractivity contribution in [1.82, 2.24) is 0 Å². The van der Waals surface area contributed by atoms with Gasteiger partial charge in [0, 0.05) is 6.55 Å². The normalized spacial score (nSPS) is 13.6. The maximum absolute atomic E-state index is 6.35. The summed E-state index contributed by atoms with van der Waals surface area (Å²) in [6.07, 6.45) is 11.7. The fraction of sp³-hybridized carbons (Fsp3) is 0.455. The quantitative estimate of drug-likeness (QED) is 0.241. The van der Waals surface area contributed by atoms with E-state index in [9.17, 15) is 0 Å². The Morgan fingerprint density at radius 1 is 0.538 bits per heavy atom. The third-order valence-corrected chi connectivity index (χ3v) is 5.09. The van der Waals surface area contributed by atoms with Gasteiger partial charge in [0.05, 0.1) is 0 Å². The summed E-state index contributed by atoms with van der Waals surface area (Å²) >= 11 is 0. The van der Waals surface area contributed by atoms with Crippen LogP contribution in [0.2, 0.25) is 6.55 Å². The molecular formula is C22H36O3Si. The number of allylic oxidation sites excluding steroid dienone is 9. The Kier molecular flexibility index (Phi) is 10.8. The van der Waals surface area contributed by atoms with Crippen molar-refractivity contribution in [3.8, 4) is 0 Å². The van der Waals surface area contributed by atoms with Crippen LogP contribution in [0.25, 0.3) is 0 Å². The van der Waals surface area contributed by atoms with Crippen LogP contribution in [0.15, 0.2) is 70.5 Å². The van der Waals surface area contributed by atoms with Gasteiger partial charge in [0.25, 0.3) is 0 Å². The summed E-state index contributed by atoms with van der Waals surface area (Å²) in [5.74, 6) is 2.34. The van der Waals surface area contributed by atoms with Crippen LogP contribution >= 0.6 is 0 Å². The molecule has 0 fully saturated rings. The summed E-state index contributed by atoms with van der Waals surface area (Å²) in [6.45, 7) is 19.9. The van der Waals surface area contributed by atoms with Gasteiger partial charge in [-0.3, -0.25) is 0 Å². The minimum atomic E-state index is -3.07. The first-order chi connectivity index (χ1) is 12.1. The lowest BCUT2D eigenvalue weighted by atomic mass is 10.3. The average Bonchev–Trinajstić information content (AvgIpc) is 2.53. The van der Waals surface area contributed by atoms with Crippen LogP contribution in [-0.2, 0) is 13.3 Å². The van der Waals surface area contributed by atoms with Gasteiger partial charge in [0.1, 0.15) is 17.3 Å². The molecule has 0 saturated carbocycles. The second-order valence-electron chi connectivity index (χ2n) is 6.76. The molecule has 0 aromatic rings. The van der Waals surface area contributed by atoms with Crippen LogP contribution in [0.4, 0.5) is 0 Å². The minimum Gasteiger partial charge on any atom is -0.484 e. The molecule has 4 heteroatoms. The molecule has 0 N–H and O–H groups in total. The molecule has 146 valence electrons. The predicted octanol–water partition coefficient (Wildman–Crippen LogP) is 7.21. The van der Waals surface area contributed by atoms with Crippen molar-refractivity contribution in [2.45, 2.75) is 68.9 Å². The van der Waals surface area contributed by atoms with Gasteiger partial charge in [0.2, 0.25) is 0 Å². The molecule has 0 saturated heterocycles. The molecule has 0 aromatic heterocycles. The zero-order valence-electron chi connectivity index (χ0n) is 18.2. The summed E-state index contributed by atoms with van der Waals surface area (Å²) in [4.78, 5) is 0. The lowest BCUT2D eigenvalue weighted by molar-refractivity contribution is 0.158. The maximum atomic E-state index is 6.35. The molecule has 0 bridgehead atoms. The molecule has 0 atom stereocenters. The highest BCUT2D eigenvalue weighted by molar-refractivity contribution is 6.60. The Labute approximate surface area is 161 Å². The molecule has 0 aromatic carbocycles. The largest absolute Gasteiger partial charge is 0.696 e. The summed E-state index contributed by atoms with van der Waals surface area (Å²) in [5, 5.41) is 0. The van der Waals surface area contributed by atoms with E-state index in [-0.39, 0.29) is 0 Å². The first kappa shape index (κ1) is 24.1. The van der Waals surface area contributed by atoms with Gasteiger partial charge in [-0.1, -0.05) is 18.2 Å². The number of hydrogen-bond acceptors (Lipinski definition) is 3. The van der Waals surface area contributed by atoms with Crippen LogP contribution in [0.1, 0.15) is 62.3 Å². The third-order valence-electron chi connectivity index (χ3n) is 3.32. The number of rotatable bonds is 9. The van der Waals surface area contributed by atoms with Crippen molar-refractivity contribution in [2.24, 2.45) is 0 Å². The fourth-order valence-corrected chi connectivity index (χ4v) is 4.16. The lowest BCUT2D eigenvalue weighted by Crippen LogP contribution is -2.42. The van der Waals surface area contributed by atoms with E-state index < -0.39 is 8.80 Å². The van der Waals surface area contributed by atoms with E-state index in [1.165, 1.54) is 0 Å². The van der Waals surface area contributed by atoms with E-state index in [2.05, 4.69) is 0 Å². The number of hydrogen-bond donors (Lipinski definition) is 0. The SMILES string of the molecule is CC=CC(O[Si](C)(OC(C=CC)=C(C)C)OC(C=CC)=C(C)C)=C(C)C. The molecule has 0 aliphatic carbocycles. The monoisotopic (exact) mass is 376 g/mol. The summed E-state index contributed by atoms with van der Waals surface area (Å²) in [6, 6.07) is 0. The molecule has 0 aliphatic heterocycles. The van der Waals surface area contributed by atoms with E-state index in [0.717, 1.165) is 34.0 Å². The van der Waals surface area contributed by atoms with Gasteiger partial charge in [-0.2, -0.15) is 0 Å². The first-order valence-electron chi connectivity index (χ1n) is 9.07. The first-order valence-corrected chi connectivity index (χ1v) is 11.3. The van der Waals surface area contributed by atoms with E-state index in [0.29, 0.717) is 0 Å². The maximum Gasteiger partial charge on any atom is 0.696 e. The Morgan fingerprint density at radius 2 is 0.769 bits per heavy atom. The van der Waals surface area contributed by atoms with Crippen LogP contribution in [0.5, 0.6) is 0 Å². The summed E-state index contributed by atoms with van der Waals surface area (Å²) in [7, 11) is -3.07. The molecule has 0 rings (SSSR count). The standard InChI is InChI=1S/C22H36O3Si/c1-11-14-20(17(4)5)23-26(10,24-21(15-12-2)18(6)7)25-22(16-13-3)19(8)9/h11-16H,1-10H3. The average molecular weight is 377 g/mol. The zero-order chi connectivity index (χ0) is 20.3. The summed E-state index contributed by atoms with van der Waals surface area (Å²) in [5.41, 5.74) is 3.22. The highest BCUT2D eigenvalue weighted by Crippen LogP contribution is 2.26. The second-order valence-corrected chi connectivity index (χ2v) is 9.10. The smallest absolute Gasteiger partial charge is 0.484 e.